The number of fused-ring (bicyclic) bond motifs is 1. The van der Waals surface area contributed by atoms with Crippen LogP contribution in [0.25, 0.3) is 11.0 Å². The third kappa shape index (κ3) is 4.47. The van der Waals surface area contributed by atoms with Crippen molar-refractivity contribution in [3.05, 3.63) is 86.2 Å². The first-order valence-electron chi connectivity index (χ1n) is 10.0. The molecule has 0 aliphatic rings. The zero-order chi connectivity index (χ0) is 22.8. The normalized spacial score (nSPS) is 11.0. The standard InChI is InChI=1S/C23H21N5O3S/c1-4-28-19-10-5-15(12-18(19)27-21(30)22(28)31)20(29)26-16-6-8-17(9-7-16)32-23-24-13(2)11-14(3)25-23/h5-12H,4H2,1-3H3,(H,26,29)(H,27,30). The van der Waals surface area contributed by atoms with Crippen molar-refractivity contribution in [1.29, 1.82) is 0 Å². The van der Waals surface area contributed by atoms with Crippen LogP contribution < -0.4 is 16.4 Å². The minimum Gasteiger partial charge on any atom is -0.322 e. The summed E-state index contributed by atoms with van der Waals surface area (Å²) in [6.07, 6.45) is 0. The van der Waals surface area contributed by atoms with Gasteiger partial charge in [-0.3, -0.25) is 14.4 Å². The van der Waals surface area contributed by atoms with Crippen LogP contribution in [0.5, 0.6) is 0 Å². The Balaban J connectivity index is 1.52. The van der Waals surface area contributed by atoms with E-state index in [-0.39, 0.29) is 5.91 Å². The fourth-order valence-electron chi connectivity index (χ4n) is 3.39. The molecule has 0 radical (unpaired) electrons. The molecule has 0 aliphatic carbocycles. The number of hydrogen-bond donors (Lipinski definition) is 2. The highest BCUT2D eigenvalue weighted by atomic mass is 32.2. The van der Waals surface area contributed by atoms with Crippen LogP contribution in [0.4, 0.5) is 5.69 Å². The van der Waals surface area contributed by atoms with Gasteiger partial charge in [0.2, 0.25) is 0 Å². The van der Waals surface area contributed by atoms with E-state index in [0.717, 1.165) is 16.3 Å². The molecule has 4 aromatic rings. The van der Waals surface area contributed by atoms with E-state index in [2.05, 4.69) is 20.3 Å². The Kier molecular flexibility index (Phi) is 5.91. The van der Waals surface area contributed by atoms with E-state index in [1.165, 1.54) is 16.3 Å². The number of carbonyl (C=O) groups is 1. The van der Waals surface area contributed by atoms with Crippen molar-refractivity contribution in [3.8, 4) is 0 Å². The molecular formula is C23H21N5O3S. The van der Waals surface area contributed by atoms with Crippen molar-refractivity contribution in [3.63, 3.8) is 0 Å². The minimum absolute atomic E-state index is 0.319. The van der Waals surface area contributed by atoms with E-state index < -0.39 is 11.1 Å². The van der Waals surface area contributed by atoms with Crippen molar-refractivity contribution >= 4 is 34.4 Å². The SMILES string of the molecule is CCn1c(=O)c(=O)[nH]c2cc(C(=O)Nc3ccc(Sc4nc(C)cc(C)n4)cc3)ccc21. The third-order valence-electron chi connectivity index (χ3n) is 4.84. The van der Waals surface area contributed by atoms with Gasteiger partial charge in [-0.05, 0) is 81.1 Å². The van der Waals surface area contributed by atoms with Crippen LogP contribution in [0.3, 0.4) is 0 Å². The van der Waals surface area contributed by atoms with Crippen LogP contribution in [0, 0.1) is 13.8 Å². The van der Waals surface area contributed by atoms with Gasteiger partial charge in [-0.1, -0.05) is 0 Å². The number of nitrogens with one attached hydrogen (secondary N) is 2. The lowest BCUT2D eigenvalue weighted by Gasteiger charge is -2.10. The number of aromatic amines is 1. The molecule has 1 amide bonds. The summed E-state index contributed by atoms with van der Waals surface area (Å²) in [5.74, 6) is -0.319. The summed E-state index contributed by atoms with van der Waals surface area (Å²) in [6.45, 7) is 6.01. The van der Waals surface area contributed by atoms with Crippen LogP contribution >= 0.6 is 11.8 Å². The highest BCUT2D eigenvalue weighted by Gasteiger charge is 2.11. The lowest BCUT2D eigenvalue weighted by Crippen LogP contribution is -2.36. The predicted octanol–water partition coefficient (Wildman–Crippen LogP) is 3.52. The first kappa shape index (κ1) is 21.5. The van der Waals surface area contributed by atoms with Gasteiger partial charge in [0.15, 0.2) is 5.16 Å². The summed E-state index contributed by atoms with van der Waals surface area (Å²) in [5, 5.41) is 3.52. The summed E-state index contributed by atoms with van der Waals surface area (Å²) in [5.41, 5.74) is 2.52. The van der Waals surface area contributed by atoms with Gasteiger partial charge in [0.1, 0.15) is 0 Å². The Morgan fingerprint density at radius 2 is 1.72 bits per heavy atom. The fraction of sp³-hybridized carbons (Fsp3) is 0.174. The number of aromatic nitrogens is 4. The van der Waals surface area contributed by atoms with Gasteiger partial charge in [0.25, 0.3) is 5.91 Å². The highest BCUT2D eigenvalue weighted by molar-refractivity contribution is 7.99. The van der Waals surface area contributed by atoms with Crippen LogP contribution in [0.15, 0.2) is 68.2 Å². The maximum Gasteiger partial charge on any atom is 0.316 e. The van der Waals surface area contributed by atoms with E-state index in [1.807, 2.05) is 32.0 Å². The molecule has 2 aromatic heterocycles. The predicted molar refractivity (Wildman–Crippen MR) is 125 cm³/mol. The molecule has 2 N–H and O–H groups in total. The van der Waals surface area contributed by atoms with E-state index in [0.29, 0.717) is 34.0 Å². The molecule has 0 unspecified atom stereocenters. The van der Waals surface area contributed by atoms with E-state index in [4.69, 9.17) is 0 Å². The lowest BCUT2D eigenvalue weighted by atomic mass is 10.1. The van der Waals surface area contributed by atoms with Crippen molar-refractivity contribution in [2.24, 2.45) is 0 Å². The van der Waals surface area contributed by atoms with Crippen molar-refractivity contribution in [2.45, 2.75) is 37.4 Å². The first-order valence-corrected chi connectivity index (χ1v) is 10.8. The molecule has 0 bridgehead atoms. The van der Waals surface area contributed by atoms with Gasteiger partial charge in [0, 0.05) is 34.1 Å². The average Bonchev–Trinajstić information content (AvgIpc) is 2.75. The van der Waals surface area contributed by atoms with Gasteiger partial charge < -0.3 is 14.9 Å². The zero-order valence-electron chi connectivity index (χ0n) is 17.8. The van der Waals surface area contributed by atoms with Crippen molar-refractivity contribution in [1.82, 2.24) is 19.5 Å². The monoisotopic (exact) mass is 447 g/mol. The van der Waals surface area contributed by atoms with Gasteiger partial charge in [0.05, 0.1) is 11.0 Å². The molecule has 2 aromatic carbocycles. The molecular weight excluding hydrogens is 426 g/mol. The van der Waals surface area contributed by atoms with Crippen molar-refractivity contribution < 1.29 is 4.79 Å². The van der Waals surface area contributed by atoms with Gasteiger partial charge in [-0.2, -0.15) is 0 Å². The minimum atomic E-state index is -0.710. The molecule has 0 spiro atoms. The quantitative estimate of drug-likeness (QED) is 0.358. The number of aryl methyl sites for hydroxylation is 3. The highest BCUT2D eigenvalue weighted by Crippen LogP contribution is 2.26. The summed E-state index contributed by atoms with van der Waals surface area (Å²) < 4.78 is 1.38. The molecule has 4 rings (SSSR count). The molecule has 2 heterocycles. The Labute approximate surface area is 187 Å². The van der Waals surface area contributed by atoms with Crippen LogP contribution in [-0.4, -0.2) is 25.4 Å². The second-order valence-corrected chi connectivity index (χ2v) is 8.29. The van der Waals surface area contributed by atoms with Crippen molar-refractivity contribution in [2.75, 3.05) is 5.32 Å². The maximum atomic E-state index is 12.7. The Bertz CT molecular complexity index is 1420. The molecule has 0 atom stereocenters. The van der Waals surface area contributed by atoms with Gasteiger partial charge >= 0.3 is 11.1 Å². The molecule has 162 valence electrons. The average molecular weight is 448 g/mol. The van der Waals surface area contributed by atoms with E-state index in [1.54, 1.807) is 37.3 Å². The second-order valence-electron chi connectivity index (χ2n) is 7.25. The largest absolute Gasteiger partial charge is 0.322 e. The van der Waals surface area contributed by atoms with E-state index in [9.17, 15) is 14.4 Å². The summed E-state index contributed by atoms with van der Waals surface area (Å²) in [4.78, 5) is 48.9. The summed E-state index contributed by atoms with van der Waals surface area (Å²) in [6, 6.07) is 14.2. The zero-order valence-corrected chi connectivity index (χ0v) is 18.6. The molecule has 9 heteroatoms. The number of rotatable bonds is 5. The second kappa shape index (κ2) is 8.80. The number of nitrogens with zero attached hydrogens (tertiary/aromatic N) is 3. The molecule has 0 saturated carbocycles. The summed E-state index contributed by atoms with van der Waals surface area (Å²) in [7, 11) is 0. The summed E-state index contributed by atoms with van der Waals surface area (Å²) >= 11 is 1.45. The molecule has 8 nitrogen and oxygen atoms in total. The number of anilines is 1. The molecule has 0 fully saturated rings. The number of benzene rings is 2. The molecule has 0 aliphatic heterocycles. The van der Waals surface area contributed by atoms with Crippen LogP contribution in [-0.2, 0) is 6.54 Å². The topological polar surface area (TPSA) is 110 Å². The Morgan fingerprint density at radius 1 is 1.03 bits per heavy atom. The third-order valence-corrected chi connectivity index (χ3v) is 5.71. The number of hydrogen-bond acceptors (Lipinski definition) is 6. The molecule has 0 saturated heterocycles. The number of H-pyrrole nitrogens is 1. The maximum absolute atomic E-state index is 12.7. The Morgan fingerprint density at radius 3 is 2.38 bits per heavy atom. The molecule has 32 heavy (non-hydrogen) atoms. The van der Waals surface area contributed by atoms with Gasteiger partial charge in [-0.25, -0.2) is 9.97 Å². The van der Waals surface area contributed by atoms with E-state index >= 15 is 0 Å². The smallest absolute Gasteiger partial charge is 0.316 e. The number of amides is 1. The Hall–Kier alpha value is -3.72. The first-order chi connectivity index (χ1) is 15.3. The van der Waals surface area contributed by atoms with Crippen LogP contribution in [0.2, 0.25) is 0 Å². The van der Waals surface area contributed by atoms with Gasteiger partial charge in [-0.15, -0.1) is 0 Å². The lowest BCUT2D eigenvalue weighted by molar-refractivity contribution is 0.102. The van der Waals surface area contributed by atoms with Crippen LogP contribution in [0.1, 0.15) is 28.7 Å². The fourth-order valence-corrected chi connectivity index (χ4v) is 4.25. The number of carbonyl (C=O) groups excluding carboxylic acids is 1.